The number of unbranched alkanes of at least 4 members (excludes halogenated alkanes) is 1. The van der Waals surface area contributed by atoms with Gasteiger partial charge in [0.2, 0.25) is 0 Å². The molecule has 2 rings (SSSR count). The predicted octanol–water partition coefficient (Wildman–Crippen LogP) is 3.26. The molecule has 1 N–H and O–H groups in total. The molecule has 1 atom stereocenters. The topological polar surface area (TPSA) is 58.4 Å². The maximum atomic E-state index is 10.9. The zero-order valence-corrected chi connectivity index (χ0v) is 13.0. The van der Waals surface area contributed by atoms with Crippen molar-refractivity contribution in [3.8, 4) is 0 Å². The van der Waals surface area contributed by atoms with Crippen LogP contribution < -0.4 is 10.2 Å². The second-order valence-electron chi connectivity index (χ2n) is 5.82. The maximum absolute atomic E-state index is 10.9. The Bertz CT molecular complexity index is 484. The molecule has 1 unspecified atom stereocenters. The van der Waals surface area contributed by atoms with E-state index in [9.17, 15) is 10.1 Å². The molecule has 1 aliphatic heterocycles. The number of anilines is 1. The number of non-ortho nitro benzene ring substituents is 1. The highest BCUT2D eigenvalue weighted by atomic mass is 16.6. The summed E-state index contributed by atoms with van der Waals surface area (Å²) >= 11 is 0. The molecule has 5 nitrogen and oxygen atoms in total. The number of benzene rings is 1. The van der Waals surface area contributed by atoms with E-state index in [0.717, 1.165) is 43.7 Å². The SMILES string of the molecule is CCCCN(CC1CCCN1)c1ccc([N+](=O)[O-])cc1C. The van der Waals surface area contributed by atoms with Crippen molar-refractivity contribution >= 4 is 11.4 Å². The molecule has 0 aliphatic carbocycles. The number of rotatable bonds is 7. The Morgan fingerprint density at radius 1 is 1.48 bits per heavy atom. The van der Waals surface area contributed by atoms with Crippen LogP contribution >= 0.6 is 0 Å². The van der Waals surface area contributed by atoms with Crippen LogP contribution in [0, 0.1) is 17.0 Å². The fourth-order valence-corrected chi connectivity index (χ4v) is 2.95. The molecule has 0 aromatic heterocycles. The number of nitro benzene ring substituents is 1. The smallest absolute Gasteiger partial charge is 0.269 e. The lowest BCUT2D eigenvalue weighted by Gasteiger charge is -2.29. The quantitative estimate of drug-likeness (QED) is 0.619. The molecule has 0 radical (unpaired) electrons. The predicted molar refractivity (Wildman–Crippen MR) is 86.0 cm³/mol. The van der Waals surface area contributed by atoms with Crippen LogP contribution in [0.3, 0.4) is 0 Å². The summed E-state index contributed by atoms with van der Waals surface area (Å²) in [5.74, 6) is 0. The number of hydrogen-bond donors (Lipinski definition) is 1. The van der Waals surface area contributed by atoms with Gasteiger partial charge in [0.05, 0.1) is 4.92 Å². The summed E-state index contributed by atoms with van der Waals surface area (Å²) in [6.45, 7) is 7.25. The molecule has 1 heterocycles. The lowest BCUT2D eigenvalue weighted by Crippen LogP contribution is -2.38. The summed E-state index contributed by atoms with van der Waals surface area (Å²) in [6.07, 6.45) is 4.75. The molecule has 1 aromatic carbocycles. The third-order valence-electron chi connectivity index (χ3n) is 4.12. The summed E-state index contributed by atoms with van der Waals surface area (Å²) in [6, 6.07) is 5.73. The molecule has 1 fully saturated rings. The van der Waals surface area contributed by atoms with Crippen LogP contribution in [0.2, 0.25) is 0 Å². The molecule has 1 saturated heterocycles. The molecule has 116 valence electrons. The molecule has 0 spiro atoms. The van der Waals surface area contributed by atoms with Gasteiger partial charge in [-0.15, -0.1) is 0 Å². The van der Waals surface area contributed by atoms with Gasteiger partial charge in [-0.1, -0.05) is 13.3 Å². The zero-order chi connectivity index (χ0) is 15.2. The summed E-state index contributed by atoms with van der Waals surface area (Å²) in [5, 5.41) is 14.4. The van der Waals surface area contributed by atoms with Gasteiger partial charge in [-0.25, -0.2) is 0 Å². The van der Waals surface area contributed by atoms with Crippen molar-refractivity contribution in [1.82, 2.24) is 5.32 Å². The first-order chi connectivity index (χ1) is 10.1. The van der Waals surface area contributed by atoms with E-state index in [1.165, 1.54) is 12.8 Å². The molecular formula is C16H25N3O2. The lowest BCUT2D eigenvalue weighted by molar-refractivity contribution is -0.384. The monoisotopic (exact) mass is 291 g/mol. The number of nitrogens with zero attached hydrogens (tertiary/aromatic N) is 2. The fraction of sp³-hybridized carbons (Fsp3) is 0.625. The Kier molecular flexibility index (Phi) is 5.56. The number of nitrogens with one attached hydrogen (secondary N) is 1. The third-order valence-corrected chi connectivity index (χ3v) is 4.12. The van der Waals surface area contributed by atoms with Crippen LogP contribution in [-0.2, 0) is 0 Å². The van der Waals surface area contributed by atoms with Crippen molar-refractivity contribution in [3.05, 3.63) is 33.9 Å². The molecule has 0 amide bonds. The summed E-state index contributed by atoms with van der Waals surface area (Å²) in [7, 11) is 0. The molecule has 5 heteroatoms. The van der Waals surface area contributed by atoms with Crippen LogP contribution in [0.15, 0.2) is 18.2 Å². The van der Waals surface area contributed by atoms with Crippen molar-refractivity contribution in [2.24, 2.45) is 0 Å². The normalized spacial score (nSPS) is 17.9. The molecule has 0 saturated carbocycles. The third kappa shape index (κ3) is 4.17. The molecular weight excluding hydrogens is 266 g/mol. The van der Waals surface area contributed by atoms with Gasteiger partial charge in [-0.3, -0.25) is 10.1 Å². The minimum atomic E-state index is -0.328. The highest BCUT2D eigenvalue weighted by Crippen LogP contribution is 2.26. The minimum Gasteiger partial charge on any atom is -0.370 e. The van der Waals surface area contributed by atoms with E-state index in [1.54, 1.807) is 12.1 Å². The van der Waals surface area contributed by atoms with Gasteiger partial charge in [-0.2, -0.15) is 0 Å². The van der Waals surface area contributed by atoms with Crippen LogP contribution in [-0.4, -0.2) is 30.6 Å². The Labute approximate surface area is 126 Å². The molecule has 1 aromatic rings. The Hall–Kier alpha value is -1.62. The van der Waals surface area contributed by atoms with Crippen LogP contribution in [0.5, 0.6) is 0 Å². The van der Waals surface area contributed by atoms with Crippen molar-refractivity contribution in [2.45, 2.75) is 45.6 Å². The van der Waals surface area contributed by atoms with Crippen LogP contribution in [0.25, 0.3) is 0 Å². The lowest BCUT2D eigenvalue weighted by atomic mass is 10.1. The van der Waals surface area contributed by atoms with Crippen molar-refractivity contribution < 1.29 is 4.92 Å². The fourth-order valence-electron chi connectivity index (χ4n) is 2.95. The highest BCUT2D eigenvalue weighted by Gasteiger charge is 2.20. The minimum absolute atomic E-state index is 0.172. The van der Waals surface area contributed by atoms with Gasteiger partial charge in [0, 0.05) is 37.0 Å². The Morgan fingerprint density at radius 3 is 2.86 bits per heavy atom. The molecule has 1 aliphatic rings. The average Bonchev–Trinajstić information content (AvgIpc) is 2.96. The summed E-state index contributed by atoms with van der Waals surface area (Å²) < 4.78 is 0. The zero-order valence-electron chi connectivity index (χ0n) is 13.0. The standard InChI is InChI=1S/C16H25N3O2/c1-3-4-10-18(12-14-6-5-9-17-14)16-8-7-15(19(20)21)11-13(16)2/h7-8,11,14,17H,3-6,9-10,12H2,1-2H3. The maximum Gasteiger partial charge on any atom is 0.269 e. The molecule has 0 bridgehead atoms. The first-order valence-electron chi connectivity index (χ1n) is 7.85. The molecule has 21 heavy (non-hydrogen) atoms. The van der Waals surface area contributed by atoms with Gasteiger partial charge >= 0.3 is 0 Å². The van der Waals surface area contributed by atoms with Crippen molar-refractivity contribution in [1.29, 1.82) is 0 Å². The average molecular weight is 291 g/mol. The number of hydrogen-bond acceptors (Lipinski definition) is 4. The first-order valence-corrected chi connectivity index (χ1v) is 7.85. The van der Waals surface area contributed by atoms with E-state index in [0.29, 0.717) is 6.04 Å². The summed E-state index contributed by atoms with van der Waals surface area (Å²) in [5.41, 5.74) is 2.28. The Morgan fingerprint density at radius 2 is 2.29 bits per heavy atom. The second kappa shape index (κ2) is 7.41. The largest absolute Gasteiger partial charge is 0.370 e. The summed E-state index contributed by atoms with van der Waals surface area (Å²) in [4.78, 5) is 12.9. The van der Waals surface area contributed by atoms with Crippen LogP contribution in [0.4, 0.5) is 11.4 Å². The Balaban J connectivity index is 2.16. The van der Waals surface area contributed by atoms with Crippen molar-refractivity contribution in [2.75, 3.05) is 24.5 Å². The van der Waals surface area contributed by atoms with Gasteiger partial charge in [0.1, 0.15) is 0 Å². The van der Waals surface area contributed by atoms with E-state index in [1.807, 2.05) is 13.0 Å². The second-order valence-corrected chi connectivity index (χ2v) is 5.82. The van der Waals surface area contributed by atoms with E-state index in [-0.39, 0.29) is 10.6 Å². The highest BCUT2D eigenvalue weighted by molar-refractivity contribution is 5.57. The first kappa shape index (κ1) is 15.8. The van der Waals surface area contributed by atoms with E-state index in [4.69, 9.17) is 0 Å². The van der Waals surface area contributed by atoms with Gasteiger partial charge in [0.15, 0.2) is 0 Å². The van der Waals surface area contributed by atoms with Gasteiger partial charge < -0.3 is 10.2 Å². The number of nitro groups is 1. The van der Waals surface area contributed by atoms with E-state index < -0.39 is 0 Å². The van der Waals surface area contributed by atoms with Gasteiger partial charge in [-0.05, 0) is 44.4 Å². The van der Waals surface area contributed by atoms with Crippen LogP contribution in [0.1, 0.15) is 38.2 Å². The van der Waals surface area contributed by atoms with Crippen molar-refractivity contribution in [3.63, 3.8) is 0 Å². The van der Waals surface area contributed by atoms with E-state index >= 15 is 0 Å². The van der Waals surface area contributed by atoms with Gasteiger partial charge in [0.25, 0.3) is 5.69 Å². The number of aryl methyl sites for hydroxylation is 1. The van der Waals surface area contributed by atoms with E-state index in [2.05, 4.69) is 17.1 Å².